The lowest BCUT2D eigenvalue weighted by Crippen LogP contribution is -2.43. The van der Waals surface area contributed by atoms with E-state index in [0.29, 0.717) is 32.2 Å². The zero-order valence-electron chi connectivity index (χ0n) is 16.0. The number of nitrogens with zero attached hydrogens (tertiary/aromatic N) is 1. The highest BCUT2D eigenvalue weighted by Crippen LogP contribution is 2.16. The molecule has 0 radical (unpaired) electrons. The third-order valence-corrected chi connectivity index (χ3v) is 4.31. The van der Waals surface area contributed by atoms with Gasteiger partial charge in [-0.25, -0.2) is 9.59 Å². The molecular formula is C19H27N3O6. The summed E-state index contributed by atoms with van der Waals surface area (Å²) in [6.07, 6.45) is 0.122. The Bertz CT molecular complexity index is 632. The molecule has 1 heterocycles. The van der Waals surface area contributed by atoms with Crippen molar-refractivity contribution in [3.05, 3.63) is 35.9 Å². The van der Waals surface area contributed by atoms with E-state index in [1.165, 1.54) is 4.90 Å². The molecule has 1 fully saturated rings. The number of hydrogen-bond acceptors (Lipinski definition) is 7. The van der Waals surface area contributed by atoms with E-state index >= 15 is 0 Å². The summed E-state index contributed by atoms with van der Waals surface area (Å²) in [7, 11) is 0. The molecule has 28 heavy (non-hydrogen) atoms. The zero-order valence-corrected chi connectivity index (χ0v) is 16.0. The Hall–Kier alpha value is -2.81. The number of amides is 2. The van der Waals surface area contributed by atoms with Crippen LogP contribution in [0.1, 0.15) is 25.3 Å². The standard InChI is InChI=1S/C19H27N3O6/c1-2-26-17(23)13-20-12-15-8-10-22(11-9-15)19(25)28-21-18(24)27-14-16-6-4-3-5-7-16/h3-7,15,20H,2,8-14H2,1H3,(H,21,24). The topological polar surface area (TPSA) is 106 Å². The summed E-state index contributed by atoms with van der Waals surface area (Å²) in [5.74, 6) is 0.0935. The fourth-order valence-electron chi connectivity index (χ4n) is 2.81. The van der Waals surface area contributed by atoms with Crippen LogP contribution in [0.3, 0.4) is 0 Å². The van der Waals surface area contributed by atoms with Crippen LogP contribution in [-0.4, -0.2) is 55.8 Å². The van der Waals surface area contributed by atoms with E-state index in [9.17, 15) is 14.4 Å². The number of piperidine rings is 1. The van der Waals surface area contributed by atoms with Crippen LogP contribution in [0.5, 0.6) is 0 Å². The number of hydrogen-bond donors (Lipinski definition) is 2. The number of ether oxygens (including phenoxy) is 2. The molecule has 0 atom stereocenters. The summed E-state index contributed by atoms with van der Waals surface area (Å²) in [6, 6.07) is 9.19. The van der Waals surface area contributed by atoms with Gasteiger partial charge in [-0.15, -0.1) is 5.48 Å². The van der Waals surface area contributed by atoms with Gasteiger partial charge in [-0.1, -0.05) is 30.3 Å². The molecule has 154 valence electrons. The van der Waals surface area contributed by atoms with Gasteiger partial charge >= 0.3 is 18.2 Å². The molecule has 0 aromatic heterocycles. The summed E-state index contributed by atoms with van der Waals surface area (Å²) < 4.78 is 9.82. The van der Waals surface area contributed by atoms with Crippen molar-refractivity contribution in [2.75, 3.05) is 32.8 Å². The quantitative estimate of drug-likeness (QED) is 0.413. The fourth-order valence-corrected chi connectivity index (χ4v) is 2.81. The van der Waals surface area contributed by atoms with Crippen LogP contribution in [0.4, 0.5) is 9.59 Å². The first kappa shape index (κ1) is 21.5. The summed E-state index contributed by atoms with van der Waals surface area (Å²) >= 11 is 0. The molecule has 9 heteroatoms. The highest BCUT2D eigenvalue weighted by atomic mass is 16.7. The highest BCUT2D eigenvalue weighted by Gasteiger charge is 2.24. The van der Waals surface area contributed by atoms with Crippen molar-refractivity contribution < 1.29 is 28.7 Å². The van der Waals surface area contributed by atoms with E-state index in [-0.39, 0.29) is 19.1 Å². The van der Waals surface area contributed by atoms with Crippen LogP contribution in [-0.2, 0) is 25.7 Å². The molecular weight excluding hydrogens is 366 g/mol. The van der Waals surface area contributed by atoms with Gasteiger partial charge in [-0.05, 0) is 37.8 Å². The molecule has 2 N–H and O–H groups in total. The van der Waals surface area contributed by atoms with E-state index < -0.39 is 12.2 Å². The first-order valence-electron chi connectivity index (χ1n) is 9.37. The first-order chi connectivity index (χ1) is 13.6. The number of carbonyl (C=O) groups excluding carboxylic acids is 3. The summed E-state index contributed by atoms with van der Waals surface area (Å²) in [4.78, 5) is 41.2. The predicted octanol–water partition coefficient (Wildman–Crippen LogP) is 1.83. The van der Waals surface area contributed by atoms with Crippen molar-refractivity contribution in [1.29, 1.82) is 0 Å². The second kappa shape index (κ2) is 11.8. The van der Waals surface area contributed by atoms with Crippen LogP contribution in [0.15, 0.2) is 30.3 Å². The van der Waals surface area contributed by atoms with Gasteiger partial charge in [0.2, 0.25) is 0 Å². The lowest BCUT2D eigenvalue weighted by Gasteiger charge is -2.30. The minimum atomic E-state index is -0.824. The smallest absolute Gasteiger partial charge is 0.441 e. The Kier molecular flexibility index (Phi) is 9.06. The highest BCUT2D eigenvalue weighted by molar-refractivity contribution is 5.72. The molecule has 0 saturated carbocycles. The lowest BCUT2D eigenvalue weighted by molar-refractivity contribution is -0.142. The summed E-state index contributed by atoms with van der Waals surface area (Å²) in [5, 5.41) is 3.07. The van der Waals surface area contributed by atoms with Crippen LogP contribution >= 0.6 is 0 Å². The number of esters is 1. The van der Waals surface area contributed by atoms with Gasteiger partial charge in [0, 0.05) is 13.1 Å². The van der Waals surface area contributed by atoms with Crippen molar-refractivity contribution >= 4 is 18.2 Å². The number of carbonyl (C=O) groups is 3. The molecule has 2 amide bonds. The van der Waals surface area contributed by atoms with Gasteiger partial charge < -0.3 is 24.5 Å². The normalized spacial score (nSPS) is 14.2. The predicted molar refractivity (Wildman–Crippen MR) is 100 cm³/mol. The van der Waals surface area contributed by atoms with E-state index in [0.717, 1.165) is 18.4 Å². The van der Waals surface area contributed by atoms with E-state index in [1.807, 2.05) is 35.8 Å². The number of benzene rings is 1. The summed E-state index contributed by atoms with van der Waals surface area (Å²) in [6.45, 7) is 4.14. The number of likely N-dealkylation sites (tertiary alicyclic amines) is 1. The van der Waals surface area contributed by atoms with Gasteiger partial charge in [0.05, 0.1) is 13.2 Å². The molecule has 0 spiro atoms. The van der Waals surface area contributed by atoms with Crippen molar-refractivity contribution in [1.82, 2.24) is 15.7 Å². The second-order valence-electron chi connectivity index (χ2n) is 6.40. The number of hydroxylamine groups is 1. The SMILES string of the molecule is CCOC(=O)CNCC1CCN(C(=O)ONC(=O)OCc2ccccc2)CC1. The fraction of sp³-hybridized carbons (Fsp3) is 0.526. The van der Waals surface area contributed by atoms with Gasteiger partial charge in [0.1, 0.15) is 6.61 Å². The Morgan fingerprint density at radius 1 is 1.11 bits per heavy atom. The first-order valence-corrected chi connectivity index (χ1v) is 9.37. The minimum absolute atomic E-state index is 0.0917. The number of rotatable bonds is 7. The molecule has 0 unspecified atom stereocenters. The number of nitrogens with one attached hydrogen (secondary N) is 2. The zero-order chi connectivity index (χ0) is 20.2. The average Bonchev–Trinajstić information content (AvgIpc) is 2.72. The maximum atomic E-state index is 12.0. The Morgan fingerprint density at radius 2 is 1.82 bits per heavy atom. The maximum Gasteiger partial charge on any atom is 0.441 e. The minimum Gasteiger partial charge on any atom is -0.465 e. The molecule has 1 saturated heterocycles. The van der Waals surface area contributed by atoms with Crippen LogP contribution in [0.25, 0.3) is 0 Å². The molecule has 1 aliphatic rings. The molecule has 9 nitrogen and oxygen atoms in total. The van der Waals surface area contributed by atoms with Crippen molar-refractivity contribution in [3.8, 4) is 0 Å². The molecule has 1 aromatic carbocycles. The van der Waals surface area contributed by atoms with E-state index in [1.54, 1.807) is 6.92 Å². The molecule has 0 bridgehead atoms. The van der Waals surface area contributed by atoms with Crippen molar-refractivity contribution in [3.63, 3.8) is 0 Å². The molecule has 1 aromatic rings. The van der Waals surface area contributed by atoms with Gasteiger partial charge in [-0.3, -0.25) is 4.79 Å². The van der Waals surface area contributed by atoms with Gasteiger partial charge in [0.15, 0.2) is 0 Å². The molecule has 1 aliphatic heterocycles. The Labute approximate surface area is 164 Å². The average molecular weight is 393 g/mol. The van der Waals surface area contributed by atoms with Crippen LogP contribution in [0, 0.1) is 5.92 Å². The third kappa shape index (κ3) is 7.83. The van der Waals surface area contributed by atoms with Crippen molar-refractivity contribution in [2.45, 2.75) is 26.4 Å². The largest absolute Gasteiger partial charge is 0.465 e. The molecule has 2 rings (SSSR count). The maximum absolute atomic E-state index is 12.0. The third-order valence-electron chi connectivity index (χ3n) is 4.31. The Morgan fingerprint density at radius 3 is 2.50 bits per heavy atom. The van der Waals surface area contributed by atoms with Crippen molar-refractivity contribution in [2.24, 2.45) is 5.92 Å². The second-order valence-corrected chi connectivity index (χ2v) is 6.40. The molecule has 0 aliphatic carbocycles. The van der Waals surface area contributed by atoms with E-state index in [4.69, 9.17) is 14.3 Å². The van der Waals surface area contributed by atoms with E-state index in [2.05, 4.69) is 5.32 Å². The summed E-state index contributed by atoms with van der Waals surface area (Å²) in [5.41, 5.74) is 2.84. The monoisotopic (exact) mass is 393 g/mol. The van der Waals surface area contributed by atoms with Crippen LogP contribution < -0.4 is 10.8 Å². The van der Waals surface area contributed by atoms with Gasteiger partial charge in [0.25, 0.3) is 0 Å². The lowest BCUT2D eigenvalue weighted by atomic mass is 9.97. The Balaban J connectivity index is 1.57. The van der Waals surface area contributed by atoms with Crippen LogP contribution in [0.2, 0.25) is 0 Å². The van der Waals surface area contributed by atoms with Gasteiger partial charge in [-0.2, -0.15) is 0 Å².